The first-order chi connectivity index (χ1) is 16.5. The molecule has 1 amide bonds. The number of fused-ring (bicyclic) bond motifs is 3. The Morgan fingerprint density at radius 1 is 1.21 bits per heavy atom. The van der Waals surface area contributed by atoms with Crippen LogP contribution in [0, 0.1) is 23.2 Å². The minimum Gasteiger partial charge on any atom is -0.369 e. The highest BCUT2D eigenvalue weighted by atomic mass is 127. The number of aliphatic imine (C=N–C) groups is 1. The summed E-state index contributed by atoms with van der Waals surface area (Å²) in [6.45, 7) is 0.371. The van der Waals surface area contributed by atoms with Gasteiger partial charge in [-0.15, -0.1) is 0 Å². The highest BCUT2D eigenvalue weighted by Gasteiger charge is 2.66. The van der Waals surface area contributed by atoms with Gasteiger partial charge in [-0.2, -0.15) is 0 Å². The molecule has 6 rings (SSSR count). The number of guanidine groups is 1. The number of carbonyl (C=O) groups excluding carboxylic acids is 1. The molecule has 1 aliphatic heterocycles. The van der Waals surface area contributed by atoms with Crippen LogP contribution in [-0.2, 0) is 26.4 Å². The maximum atomic E-state index is 14.4. The topological polar surface area (TPSA) is 80.8 Å². The number of aromatic nitrogens is 1. The number of hydrogen-bond acceptors (Lipinski definition) is 5. The van der Waals surface area contributed by atoms with E-state index in [4.69, 9.17) is 13.8 Å². The largest absolute Gasteiger partial charge is 0.369 e. The van der Waals surface area contributed by atoms with Crippen molar-refractivity contribution in [2.24, 2.45) is 22.1 Å². The molecule has 34 heavy (non-hydrogen) atoms. The van der Waals surface area contributed by atoms with Gasteiger partial charge in [0.25, 0.3) is 5.91 Å². The highest BCUT2D eigenvalue weighted by molar-refractivity contribution is 14.1. The molecule has 1 aromatic carbocycles. The van der Waals surface area contributed by atoms with Gasteiger partial charge >= 0.3 is 0 Å². The first-order valence-electron chi connectivity index (χ1n) is 12.0. The summed E-state index contributed by atoms with van der Waals surface area (Å²) in [7, 11) is 0. The molecule has 2 fully saturated rings. The molecule has 0 bridgehead atoms. The van der Waals surface area contributed by atoms with Crippen molar-refractivity contribution >= 4 is 34.9 Å². The summed E-state index contributed by atoms with van der Waals surface area (Å²) in [5.41, 5.74) is 9.28. The lowest BCUT2D eigenvalue weighted by Crippen LogP contribution is -2.51. The Morgan fingerprint density at radius 2 is 2.03 bits per heavy atom. The van der Waals surface area contributed by atoms with Gasteiger partial charge in [-0.25, -0.2) is 4.99 Å². The number of amides is 1. The summed E-state index contributed by atoms with van der Waals surface area (Å²) in [4.78, 5) is 25.3. The molecule has 2 saturated carbocycles. The maximum absolute atomic E-state index is 14.4. The quantitative estimate of drug-likeness (QED) is 0.445. The van der Waals surface area contributed by atoms with Crippen LogP contribution in [0.3, 0.4) is 0 Å². The molecule has 4 aliphatic rings. The molecule has 0 radical (unpaired) electrons. The van der Waals surface area contributed by atoms with Gasteiger partial charge in [0.1, 0.15) is 23.0 Å². The van der Waals surface area contributed by atoms with Gasteiger partial charge in [0.2, 0.25) is 0 Å². The fourth-order valence-corrected chi connectivity index (χ4v) is 6.54. The Hall–Kier alpha value is -2.44. The Bertz CT molecular complexity index is 1220. The average molecular weight is 566 g/mol. The van der Waals surface area contributed by atoms with Crippen LogP contribution < -0.4 is 5.73 Å². The van der Waals surface area contributed by atoms with Gasteiger partial charge < -0.3 is 8.80 Å². The third-order valence-corrected chi connectivity index (χ3v) is 8.71. The summed E-state index contributed by atoms with van der Waals surface area (Å²) in [6.07, 6.45) is 10.5. The summed E-state index contributed by atoms with van der Waals surface area (Å²) in [5.74, 6) is 7.50. The van der Waals surface area contributed by atoms with Crippen molar-refractivity contribution in [1.82, 2.24) is 9.88 Å². The van der Waals surface area contributed by atoms with Crippen molar-refractivity contribution in [3.8, 4) is 11.8 Å². The van der Waals surface area contributed by atoms with Crippen LogP contribution in [0.4, 0.5) is 0 Å². The summed E-state index contributed by atoms with van der Waals surface area (Å²) >= 11 is 2.00. The van der Waals surface area contributed by atoms with Gasteiger partial charge in [-0.3, -0.25) is 14.7 Å². The number of benzene rings is 1. The van der Waals surface area contributed by atoms with Gasteiger partial charge in [0.15, 0.2) is 11.5 Å². The van der Waals surface area contributed by atoms with Crippen molar-refractivity contribution in [2.75, 3.05) is 0 Å². The fraction of sp³-hybridized carbons (Fsp3) is 0.444. The van der Waals surface area contributed by atoms with E-state index in [0.717, 1.165) is 48.8 Å². The molecular weight excluding hydrogens is 539 g/mol. The Morgan fingerprint density at radius 3 is 2.74 bits per heavy atom. The molecule has 6 nitrogen and oxygen atoms in total. The molecule has 0 saturated heterocycles. The zero-order valence-electron chi connectivity index (χ0n) is 19.0. The molecule has 1 unspecified atom stereocenters. The minimum absolute atomic E-state index is 0.0197. The number of halogens is 1. The van der Waals surface area contributed by atoms with Crippen LogP contribution in [-0.4, -0.2) is 27.9 Å². The number of nitrogens with zero attached hydrogens (tertiary/aromatic N) is 3. The molecule has 1 atom stereocenters. The Balaban J connectivity index is 1.44. The molecule has 2 heterocycles. The van der Waals surface area contributed by atoms with E-state index in [1.165, 1.54) is 18.4 Å². The minimum atomic E-state index is -0.998. The predicted molar refractivity (Wildman–Crippen MR) is 138 cm³/mol. The summed E-state index contributed by atoms with van der Waals surface area (Å²) in [6, 6.07) is 10.2. The van der Waals surface area contributed by atoms with Crippen molar-refractivity contribution in [3.63, 3.8) is 0 Å². The second-order valence-electron chi connectivity index (χ2n) is 10.1. The number of hydrogen-bond donors (Lipinski definition) is 1. The number of pyridine rings is 1. The molecule has 1 aromatic heterocycles. The van der Waals surface area contributed by atoms with Gasteiger partial charge in [-0.1, -0.05) is 24.0 Å². The van der Waals surface area contributed by atoms with Crippen LogP contribution in [0.2, 0.25) is 0 Å². The lowest BCUT2D eigenvalue weighted by Gasteiger charge is -2.45. The molecule has 174 valence electrons. The predicted octanol–water partition coefficient (Wildman–Crippen LogP) is 4.25. The van der Waals surface area contributed by atoms with E-state index in [9.17, 15) is 4.79 Å². The van der Waals surface area contributed by atoms with E-state index in [1.807, 2.05) is 35.1 Å². The zero-order valence-corrected chi connectivity index (χ0v) is 21.1. The maximum Gasteiger partial charge on any atom is 0.262 e. The van der Waals surface area contributed by atoms with E-state index in [1.54, 1.807) is 17.3 Å². The van der Waals surface area contributed by atoms with Crippen LogP contribution in [0.15, 0.2) is 47.7 Å². The van der Waals surface area contributed by atoms with Gasteiger partial charge in [-0.05, 0) is 79.8 Å². The van der Waals surface area contributed by atoms with Crippen molar-refractivity contribution in [2.45, 2.75) is 63.1 Å². The van der Waals surface area contributed by atoms with E-state index >= 15 is 0 Å². The van der Waals surface area contributed by atoms with Crippen molar-refractivity contribution in [3.05, 3.63) is 65.0 Å². The van der Waals surface area contributed by atoms with E-state index in [2.05, 4.69) is 35.0 Å². The van der Waals surface area contributed by atoms with E-state index in [-0.39, 0.29) is 17.4 Å². The van der Waals surface area contributed by atoms with Gasteiger partial charge in [0, 0.05) is 29.3 Å². The van der Waals surface area contributed by atoms with Gasteiger partial charge in [0.05, 0.1) is 12.6 Å². The second kappa shape index (κ2) is 8.35. The first kappa shape index (κ1) is 22.1. The summed E-state index contributed by atoms with van der Waals surface area (Å²) < 4.78 is 5.64. The first-order valence-corrected chi connectivity index (χ1v) is 12.9. The van der Waals surface area contributed by atoms with E-state index < -0.39 is 5.54 Å². The Kier molecular flexibility index (Phi) is 5.41. The van der Waals surface area contributed by atoms with Crippen LogP contribution in [0.25, 0.3) is 0 Å². The summed E-state index contributed by atoms with van der Waals surface area (Å²) in [5, 5.41) is 0. The second-order valence-corrected chi connectivity index (χ2v) is 10.6. The normalized spacial score (nSPS) is 29.8. The molecule has 7 heteroatoms. The molecular formula is C27H27IN4O2. The van der Waals surface area contributed by atoms with Crippen LogP contribution in [0.5, 0.6) is 0 Å². The van der Waals surface area contributed by atoms with Crippen LogP contribution >= 0.6 is 23.0 Å². The molecule has 2 spiro atoms. The van der Waals surface area contributed by atoms with Crippen molar-refractivity contribution < 1.29 is 7.86 Å². The molecule has 2 aromatic rings. The number of carbonyl (C=O) groups is 1. The molecule has 3 aliphatic carbocycles. The lowest BCUT2D eigenvalue weighted by atomic mass is 9.61. The molecule has 2 N–H and O–H groups in total. The third kappa shape index (κ3) is 3.45. The Labute approximate surface area is 214 Å². The SMILES string of the molecule is NC1=NC2(C(=O)N1Cc1cccnc1)c1cc(C#CC3CC3)ccc1CC21CCC(OI)CC1. The standard InChI is InChI=1S/C27H27IN4O2/c28-34-22-9-11-26(12-10-22)15-21-8-7-19(6-5-18-3-4-18)14-23(21)27(26)24(33)32(25(29)31-27)17-20-2-1-13-30-16-20/h1-2,7-8,13-14,16,18,22H,3-4,9-12,15,17H2,(H2,29,31). The van der Waals surface area contributed by atoms with Crippen molar-refractivity contribution in [1.29, 1.82) is 0 Å². The monoisotopic (exact) mass is 566 g/mol. The number of nitrogens with two attached hydrogens (primary N) is 1. The fourth-order valence-electron chi connectivity index (χ4n) is 6.04. The average Bonchev–Trinajstić information content (AvgIpc) is 3.62. The van der Waals surface area contributed by atoms with E-state index in [0.29, 0.717) is 18.4 Å². The highest BCUT2D eigenvalue weighted by Crippen LogP contribution is 2.62. The number of rotatable bonds is 3. The zero-order chi connectivity index (χ0) is 23.3. The van der Waals surface area contributed by atoms with Crippen LogP contribution in [0.1, 0.15) is 60.8 Å². The third-order valence-electron chi connectivity index (χ3n) is 7.99. The lowest BCUT2D eigenvalue weighted by molar-refractivity contribution is -0.138. The smallest absolute Gasteiger partial charge is 0.262 e.